The maximum atomic E-state index is 11.8. The lowest BCUT2D eigenvalue weighted by molar-refractivity contribution is 0.0599. The summed E-state index contributed by atoms with van der Waals surface area (Å²) >= 11 is 1.98. The number of methoxy groups -OCH3 is 1. The molecule has 1 heterocycles. The highest BCUT2D eigenvalue weighted by atomic mass is 32.2. The first-order valence-electron chi connectivity index (χ1n) is 6.37. The summed E-state index contributed by atoms with van der Waals surface area (Å²) in [5.74, 6) is 2.02. The van der Waals surface area contributed by atoms with Crippen LogP contribution in [-0.4, -0.2) is 42.6 Å². The number of esters is 1. The van der Waals surface area contributed by atoms with Crippen LogP contribution in [0.1, 0.15) is 22.3 Å². The number of ether oxygens (including phenoxy) is 1. The first-order chi connectivity index (χ1) is 9.13. The van der Waals surface area contributed by atoms with Crippen LogP contribution >= 0.6 is 11.8 Å². The van der Waals surface area contributed by atoms with Crippen LogP contribution in [0.15, 0.2) is 18.2 Å². The van der Waals surface area contributed by atoms with E-state index in [-0.39, 0.29) is 5.97 Å². The van der Waals surface area contributed by atoms with Crippen LogP contribution in [0.3, 0.4) is 0 Å². The average Bonchev–Trinajstić information content (AvgIpc) is 2.92. The summed E-state index contributed by atoms with van der Waals surface area (Å²) in [6, 6.07) is 6.15. The quantitative estimate of drug-likeness (QED) is 0.675. The molecule has 1 atom stereocenters. The van der Waals surface area contributed by atoms with Crippen LogP contribution in [0.4, 0.5) is 5.69 Å². The molecule has 0 aliphatic carbocycles. The maximum Gasteiger partial charge on any atom is 0.340 e. The van der Waals surface area contributed by atoms with Gasteiger partial charge in [0.2, 0.25) is 0 Å². The highest BCUT2D eigenvalue weighted by Gasteiger charge is 2.22. The smallest absolute Gasteiger partial charge is 0.340 e. The monoisotopic (exact) mass is 280 g/mol. The first-order valence-corrected chi connectivity index (χ1v) is 7.52. The predicted octanol–water partition coefficient (Wildman–Crippen LogP) is 1.99. The molecule has 5 heteroatoms. The summed E-state index contributed by atoms with van der Waals surface area (Å²) < 4.78 is 4.82. The lowest BCUT2D eigenvalue weighted by Crippen LogP contribution is -2.31. The summed E-state index contributed by atoms with van der Waals surface area (Å²) in [6.45, 7) is 0.723. The number of nitrogens with two attached hydrogens (primary N) is 1. The Morgan fingerprint density at radius 2 is 2.37 bits per heavy atom. The second-order valence-electron chi connectivity index (χ2n) is 4.81. The molecule has 1 saturated heterocycles. The van der Waals surface area contributed by atoms with Crippen molar-refractivity contribution in [3.8, 4) is 0 Å². The van der Waals surface area contributed by atoms with E-state index in [2.05, 4.69) is 11.9 Å². The van der Waals surface area contributed by atoms with E-state index in [9.17, 15) is 4.79 Å². The largest absolute Gasteiger partial charge is 0.465 e. The zero-order valence-corrected chi connectivity index (χ0v) is 12.2. The topological polar surface area (TPSA) is 55.6 Å². The number of carbonyl (C=O) groups excluding carboxylic acids is 1. The van der Waals surface area contributed by atoms with E-state index < -0.39 is 0 Å². The normalized spacial score (nSPS) is 18.8. The van der Waals surface area contributed by atoms with Gasteiger partial charge in [0.05, 0.1) is 12.7 Å². The second-order valence-corrected chi connectivity index (χ2v) is 5.96. The predicted molar refractivity (Wildman–Crippen MR) is 79.4 cm³/mol. The fourth-order valence-corrected chi connectivity index (χ4v) is 3.67. The van der Waals surface area contributed by atoms with Gasteiger partial charge >= 0.3 is 5.97 Å². The number of anilines is 1. The molecular weight excluding hydrogens is 260 g/mol. The molecule has 0 aromatic heterocycles. The SMILES string of the molecule is COC(=O)c1c(N)cccc1CN(C)C1CCSC1. The standard InChI is InChI=1S/C14H20N2O2S/c1-16(11-6-7-19-9-11)8-10-4-3-5-12(15)13(10)14(17)18-2/h3-5,11H,6-9,15H2,1-2H3. The summed E-state index contributed by atoms with van der Waals surface area (Å²) in [4.78, 5) is 14.1. The molecule has 0 bridgehead atoms. The molecule has 1 aromatic rings. The van der Waals surface area contributed by atoms with E-state index in [0.29, 0.717) is 17.3 Å². The average molecular weight is 280 g/mol. The molecule has 1 fully saturated rings. The summed E-state index contributed by atoms with van der Waals surface area (Å²) in [6.07, 6.45) is 1.21. The zero-order valence-electron chi connectivity index (χ0n) is 11.4. The first kappa shape index (κ1) is 14.2. The highest BCUT2D eigenvalue weighted by Crippen LogP contribution is 2.25. The molecule has 0 saturated carbocycles. The van der Waals surface area contributed by atoms with Crippen LogP contribution in [0.2, 0.25) is 0 Å². The van der Waals surface area contributed by atoms with Crippen molar-refractivity contribution in [2.24, 2.45) is 0 Å². The van der Waals surface area contributed by atoms with Crippen LogP contribution in [0, 0.1) is 0 Å². The number of thioether (sulfide) groups is 1. The van der Waals surface area contributed by atoms with E-state index in [1.54, 1.807) is 6.07 Å². The van der Waals surface area contributed by atoms with Crippen molar-refractivity contribution in [3.63, 3.8) is 0 Å². The molecule has 1 aliphatic rings. The van der Waals surface area contributed by atoms with Crippen molar-refractivity contribution >= 4 is 23.4 Å². The molecule has 19 heavy (non-hydrogen) atoms. The number of nitrogen functional groups attached to an aromatic ring is 1. The van der Waals surface area contributed by atoms with Gasteiger partial charge in [-0.05, 0) is 30.9 Å². The number of rotatable bonds is 4. The van der Waals surface area contributed by atoms with E-state index in [4.69, 9.17) is 10.5 Å². The van der Waals surface area contributed by atoms with Gasteiger partial charge in [0, 0.05) is 24.0 Å². The van der Waals surface area contributed by atoms with Gasteiger partial charge in [0.25, 0.3) is 0 Å². The molecule has 4 nitrogen and oxygen atoms in total. The molecule has 2 rings (SSSR count). The van der Waals surface area contributed by atoms with E-state index in [1.165, 1.54) is 19.3 Å². The van der Waals surface area contributed by atoms with Crippen LogP contribution in [-0.2, 0) is 11.3 Å². The molecule has 1 aromatic carbocycles. The third-order valence-corrected chi connectivity index (χ3v) is 4.67. The van der Waals surface area contributed by atoms with E-state index in [0.717, 1.165) is 17.9 Å². The zero-order chi connectivity index (χ0) is 13.8. The minimum absolute atomic E-state index is 0.359. The molecule has 0 spiro atoms. The molecule has 1 aliphatic heterocycles. The lowest BCUT2D eigenvalue weighted by Gasteiger charge is -2.24. The van der Waals surface area contributed by atoms with Crippen LogP contribution in [0.25, 0.3) is 0 Å². The van der Waals surface area contributed by atoms with Gasteiger partial charge in [-0.2, -0.15) is 11.8 Å². The van der Waals surface area contributed by atoms with Crippen LogP contribution in [0.5, 0.6) is 0 Å². The summed E-state index contributed by atoms with van der Waals surface area (Å²) in [7, 11) is 3.48. The number of hydrogen-bond acceptors (Lipinski definition) is 5. The van der Waals surface area contributed by atoms with Crippen molar-refractivity contribution < 1.29 is 9.53 Å². The summed E-state index contributed by atoms with van der Waals surface area (Å²) in [5, 5.41) is 0. The van der Waals surface area contributed by atoms with Gasteiger partial charge in [0.15, 0.2) is 0 Å². The Morgan fingerprint density at radius 3 is 3.00 bits per heavy atom. The van der Waals surface area contributed by atoms with Crippen molar-refractivity contribution in [3.05, 3.63) is 29.3 Å². The number of benzene rings is 1. The lowest BCUT2D eigenvalue weighted by atomic mass is 10.0. The minimum Gasteiger partial charge on any atom is -0.465 e. The highest BCUT2D eigenvalue weighted by molar-refractivity contribution is 7.99. The Hall–Kier alpha value is -1.20. The minimum atomic E-state index is -0.359. The Bertz CT molecular complexity index is 459. The van der Waals surface area contributed by atoms with Crippen molar-refractivity contribution in [1.29, 1.82) is 0 Å². The number of carbonyl (C=O) groups is 1. The number of hydrogen-bond donors (Lipinski definition) is 1. The van der Waals surface area contributed by atoms with Gasteiger partial charge in [-0.1, -0.05) is 12.1 Å². The Labute approximate surface area is 118 Å². The Morgan fingerprint density at radius 1 is 1.58 bits per heavy atom. The van der Waals surface area contributed by atoms with Crippen LogP contribution < -0.4 is 5.73 Å². The second kappa shape index (κ2) is 6.30. The number of nitrogens with zero attached hydrogens (tertiary/aromatic N) is 1. The third kappa shape index (κ3) is 3.22. The van der Waals surface area contributed by atoms with Gasteiger partial charge in [-0.25, -0.2) is 4.79 Å². The molecule has 1 unspecified atom stereocenters. The van der Waals surface area contributed by atoms with E-state index >= 15 is 0 Å². The van der Waals surface area contributed by atoms with Gasteiger partial charge < -0.3 is 10.5 Å². The van der Waals surface area contributed by atoms with Crippen molar-refractivity contribution in [2.45, 2.75) is 19.0 Å². The van der Waals surface area contributed by atoms with Crippen molar-refractivity contribution in [1.82, 2.24) is 4.90 Å². The fourth-order valence-electron chi connectivity index (χ4n) is 2.37. The molecule has 2 N–H and O–H groups in total. The van der Waals surface area contributed by atoms with Gasteiger partial charge in [0.1, 0.15) is 0 Å². The maximum absolute atomic E-state index is 11.8. The molecule has 0 radical (unpaired) electrons. The molecular formula is C14H20N2O2S. The fraction of sp³-hybridized carbons (Fsp3) is 0.500. The van der Waals surface area contributed by atoms with Gasteiger partial charge in [-0.3, -0.25) is 4.90 Å². The molecule has 0 amide bonds. The Kier molecular flexibility index (Phi) is 4.71. The van der Waals surface area contributed by atoms with Crippen molar-refractivity contribution in [2.75, 3.05) is 31.4 Å². The summed E-state index contributed by atoms with van der Waals surface area (Å²) in [5.41, 5.74) is 7.83. The third-order valence-electron chi connectivity index (χ3n) is 3.52. The molecule has 104 valence electrons. The van der Waals surface area contributed by atoms with E-state index in [1.807, 2.05) is 23.9 Å². The Balaban J connectivity index is 2.19. The van der Waals surface area contributed by atoms with Gasteiger partial charge in [-0.15, -0.1) is 0 Å².